The molecule has 1 rings (SSSR count). The summed E-state index contributed by atoms with van der Waals surface area (Å²) in [5.41, 5.74) is 0. The minimum atomic E-state index is 0.377. The fraction of sp³-hybridized carbons (Fsp3) is 0.875. The molecule has 11 heavy (non-hydrogen) atoms. The van der Waals surface area contributed by atoms with Crippen LogP contribution in [0.5, 0.6) is 0 Å². The van der Waals surface area contributed by atoms with E-state index in [-0.39, 0.29) is 0 Å². The van der Waals surface area contributed by atoms with Crippen LogP contribution in [0.1, 0.15) is 6.42 Å². The minimum Gasteiger partial charge on any atom is -0.461 e. The highest BCUT2D eigenvalue weighted by atomic mass is 16.5. The van der Waals surface area contributed by atoms with Crippen LogP contribution in [0.25, 0.3) is 0 Å². The number of ether oxygens (including phenoxy) is 2. The van der Waals surface area contributed by atoms with E-state index in [1.165, 1.54) is 4.90 Å². The molecule has 3 heteroatoms. The van der Waals surface area contributed by atoms with Crippen LogP contribution in [0.4, 0.5) is 0 Å². The van der Waals surface area contributed by atoms with Gasteiger partial charge in [0.15, 0.2) is 0 Å². The van der Waals surface area contributed by atoms with Gasteiger partial charge >= 0.3 is 0 Å². The van der Waals surface area contributed by atoms with Crippen molar-refractivity contribution >= 4 is 0 Å². The molecule has 0 bridgehead atoms. The Morgan fingerprint density at radius 3 is 2.73 bits per heavy atom. The number of likely N-dealkylation sites (tertiary alicyclic amines) is 1. The summed E-state index contributed by atoms with van der Waals surface area (Å²) in [5.74, 6) is 0. The van der Waals surface area contributed by atoms with E-state index in [1.807, 2.05) is 0 Å². The maximum atomic E-state index is 5.24. The molecule has 0 aromatic heterocycles. The topological polar surface area (TPSA) is 22.9 Å². The Labute approximate surface area is 68.3 Å². The van der Waals surface area contributed by atoms with Crippen molar-refractivity contribution in [3.63, 3.8) is 0 Å². The summed E-state index contributed by atoms with van der Waals surface area (Å²) in [5, 5.41) is 0. The maximum absolute atomic E-state index is 5.24. The number of hydrogen-bond donors (Lipinski definition) is 1. The lowest BCUT2D eigenvalue weighted by Gasteiger charge is -2.21. The third kappa shape index (κ3) is 2.15. The van der Waals surface area contributed by atoms with Gasteiger partial charge < -0.3 is 14.4 Å². The van der Waals surface area contributed by atoms with Gasteiger partial charge in [-0.25, -0.2) is 0 Å². The SMILES string of the molecule is [CH2-][NH+]1C[C@H](OC)C[C@@H]1COC. The van der Waals surface area contributed by atoms with Gasteiger partial charge in [-0.15, -0.1) is 0 Å². The summed E-state index contributed by atoms with van der Waals surface area (Å²) in [6.07, 6.45) is 1.45. The van der Waals surface area contributed by atoms with Gasteiger partial charge in [0.25, 0.3) is 0 Å². The summed E-state index contributed by atoms with van der Waals surface area (Å²) in [7, 11) is 7.48. The molecule has 1 saturated heterocycles. The predicted molar refractivity (Wildman–Crippen MR) is 42.3 cm³/mol. The molecule has 0 spiro atoms. The number of methoxy groups -OCH3 is 2. The standard InChI is InChI=1S/C8H17NO2/c1-9-5-8(11-3)4-7(9)6-10-2/h7-9H,1,4-6H2,2-3H3/t7-,8-/m1/s1. The first-order chi connectivity index (χ1) is 5.27. The molecule has 0 saturated carbocycles. The zero-order valence-corrected chi connectivity index (χ0v) is 7.30. The van der Waals surface area contributed by atoms with Crippen molar-refractivity contribution in [1.29, 1.82) is 0 Å². The second kappa shape index (κ2) is 4.04. The molecule has 3 atom stereocenters. The Morgan fingerprint density at radius 2 is 2.27 bits per heavy atom. The fourth-order valence-corrected chi connectivity index (χ4v) is 1.59. The second-order valence-corrected chi connectivity index (χ2v) is 3.11. The lowest BCUT2D eigenvalue weighted by atomic mass is 10.2. The highest BCUT2D eigenvalue weighted by Gasteiger charge is 2.29. The van der Waals surface area contributed by atoms with Gasteiger partial charge in [-0.1, -0.05) is 0 Å². The lowest BCUT2D eigenvalue weighted by molar-refractivity contribution is -0.868. The summed E-state index contributed by atoms with van der Waals surface area (Å²) < 4.78 is 10.3. The molecule has 0 aromatic rings. The summed E-state index contributed by atoms with van der Waals surface area (Å²) >= 11 is 0. The van der Waals surface area contributed by atoms with Crippen molar-refractivity contribution in [2.24, 2.45) is 0 Å². The van der Waals surface area contributed by atoms with Crippen LogP contribution in [0.2, 0.25) is 0 Å². The molecular weight excluding hydrogens is 142 g/mol. The largest absolute Gasteiger partial charge is 0.461 e. The van der Waals surface area contributed by atoms with Crippen molar-refractivity contribution < 1.29 is 14.4 Å². The molecule has 1 fully saturated rings. The maximum Gasteiger partial charge on any atom is 0.109 e. The highest BCUT2D eigenvalue weighted by molar-refractivity contribution is 4.70. The van der Waals surface area contributed by atoms with Gasteiger partial charge in [0, 0.05) is 20.6 Å². The molecule has 1 aliphatic rings. The monoisotopic (exact) mass is 159 g/mol. The van der Waals surface area contributed by atoms with Crippen LogP contribution < -0.4 is 4.90 Å². The van der Waals surface area contributed by atoms with E-state index < -0.39 is 0 Å². The van der Waals surface area contributed by atoms with Crippen LogP contribution in [0.3, 0.4) is 0 Å². The lowest BCUT2D eigenvalue weighted by Crippen LogP contribution is -3.09. The van der Waals surface area contributed by atoms with E-state index in [0.29, 0.717) is 12.1 Å². The van der Waals surface area contributed by atoms with Gasteiger partial charge in [0.05, 0.1) is 19.2 Å². The smallest absolute Gasteiger partial charge is 0.109 e. The Morgan fingerprint density at radius 1 is 1.55 bits per heavy atom. The molecule has 0 radical (unpaired) electrons. The molecule has 0 aromatic carbocycles. The zero-order chi connectivity index (χ0) is 8.27. The van der Waals surface area contributed by atoms with E-state index >= 15 is 0 Å². The third-order valence-electron chi connectivity index (χ3n) is 2.32. The van der Waals surface area contributed by atoms with E-state index in [2.05, 4.69) is 7.05 Å². The van der Waals surface area contributed by atoms with Gasteiger partial charge in [0.1, 0.15) is 6.10 Å². The highest BCUT2D eigenvalue weighted by Crippen LogP contribution is 2.04. The van der Waals surface area contributed by atoms with Gasteiger partial charge in [-0.2, -0.15) is 7.05 Å². The fourth-order valence-electron chi connectivity index (χ4n) is 1.59. The number of rotatable bonds is 3. The molecule has 1 aliphatic heterocycles. The molecule has 0 amide bonds. The van der Waals surface area contributed by atoms with Crippen LogP contribution in [-0.2, 0) is 9.47 Å². The average Bonchev–Trinajstić information content (AvgIpc) is 2.33. The quantitative estimate of drug-likeness (QED) is 0.539. The Balaban J connectivity index is 2.32. The van der Waals surface area contributed by atoms with Crippen molar-refractivity contribution in [3.05, 3.63) is 7.05 Å². The van der Waals surface area contributed by atoms with Crippen LogP contribution in [0, 0.1) is 7.05 Å². The second-order valence-electron chi connectivity index (χ2n) is 3.11. The molecule has 1 unspecified atom stereocenters. The third-order valence-corrected chi connectivity index (χ3v) is 2.32. The van der Waals surface area contributed by atoms with Crippen molar-refractivity contribution in [3.8, 4) is 0 Å². The first-order valence-corrected chi connectivity index (χ1v) is 3.97. The first-order valence-electron chi connectivity index (χ1n) is 3.97. The van der Waals surface area contributed by atoms with Gasteiger partial charge in [-0.05, 0) is 0 Å². The van der Waals surface area contributed by atoms with E-state index in [0.717, 1.165) is 19.6 Å². The summed E-state index contributed by atoms with van der Waals surface area (Å²) in [4.78, 5) is 1.28. The number of nitrogens with one attached hydrogen (secondary N) is 1. The number of hydrogen-bond acceptors (Lipinski definition) is 2. The minimum absolute atomic E-state index is 0.377. The summed E-state index contributed by atoms with van der Waals surface area (Å²) in [6, 6.07) is 0.518. The first kappa shape index (κ1) is 8.97. The van der Waals surface area contributed by atoms with Crippen molar-refractivity contribution in [1.82, 2.24) is 0 Å². The molecule has 0 aliphatic carbocycles. The van der Waals surface area contributed by atoms with Gasteiger partial charge in [0.2, 0.25) is 0 Å². The van der Waals surface area contributed by atoms with E-state index in [4.69, 9.17) is 9.47 Å². The predicted octanol–water partition coefficient (Wildman–Crippen LogP) is -0.903. The van der Waals surface area contributed by atoms with Crippen LogP contribution >= 0.6 is 0 Å². The average molecular weight is 159 g/mol. The molecule has 66 valence electrons. The molecule has 3 nitrogen and oxygen atoms in total. The van der Waals surface area contributed by atoms with E-state index in [1.54, 1.807) is 14.2 Å². The van der Waals surface area contributed by atoms with Crippen LogP contribution in [0.15, 0.2) is 0 Å². The van der Waals surface area contributed by atoms with Crippen molar-refractivity contribution in [2.45, 2.75) is 18.6 Å². The number of quaternary nitrogens is 1. The van der Waals surface area contributed by atoms with Crippen LogP contribution in [-0.4, -0.2) is 39.5 Å². The molecular formula is C8H17NO2. The van der Waals surface area contributed by atoms with Gasteiger partial charge in [-0.3, -0.25) is 0 Å². The molecule has 1 heterocycles. The zero-order valence-electron chi connectivity index (χ0n) is 7.30. The summed E-state index contributed by atoms with van der Waals surface area (Å²) in [6.45, 7) is 1.79. The van der Waals surface area contributed by atoms with Crippen molar-refractivity contribution in [2.75, 3.05) is 27.4 Å². The normalized spacial score (nSPS) is 37.9. The Bertz CT molecular complexity index is 119. The molecule has 1 N–H and O–H groups in total. The Kier molecular flexibility index (Phi) is 3.30. The van der Waals surface area contributed by atoms with E-state index in [9.17, 15) is 0 Å². The Hall–Kier alpha value is -0.120.